The Morgan fingerprint density at radius 1 is 0.909 bits per heavy atom. The first-order valence-electron chi connectivity index (χ1n) is 5.82. The fraction of sp³-hybridized carbons (Fsp3) is 0.0714. The number of rotatable bonds is 3. The Morgan fingerprint density at radius 3 is 1.95 bits per heavy atom. The van der Waals surface area contributed by atoms with Gasteiger partial charge in [-0.1, -0.05) is 18.2 Å². The van der Waals surface area contributed by atoms with Gasteiger partial charge in [0.1, 0.15) is 5.75 Å². The topological polar surface area (TPSA) is 46.5 Å². The van der Waals surface area contributed by atoms with E-state index < -0.39 is 47.2 Å². The van der Waals surface area contributed by atoms with Crippen LogP contribution in [-0.4, -0.2) is 11.1 Å². The summed E-state index contributed by atoms with van der Waals surface area (Å²) in [5.41, 5.74) is 0.0661. The summed E-state index contributed by atoms with van der Waals surface area (Å²) in [4.78, 5) is 11.5. The summed E-state index contributed by atoms with van der Waals surface area (Å²) >= 11 is 0. The van der Waals surface area contributed by atoms with Gasteiger partial charge in [0, 0.05) is 5.56 Å². The minimum absolute atomic E-state index is 0.0661. The Kier molecular flexibility index (Phi) is 4.30. The SMILES string of the molecule is O=C(Cc1ccccc1O)Oc1c(F)c(F)c(F)c(F)c1F. The third-order valence-electron chi connectivity index (χ3n) is 2.71. The van der Waals surface area contributed by atoms with Gasteiger partial charge < -0.3 is 9.84 Å². The van der Waals surface area contributed by atoms with Crippen LogP contribution in [0.25, 0.3) is 0 Å². The lowest BCUT2D eigenvalue weighted by Crippen LogP contribution is -2.15. The molecule has 0 spiro atoms. The third kappa shape index (κ3) is 2.85. The average molecular weight is 318 g/mol. The molecule has 0 unspecified atom stereocenters. The number of phenols is 1. The van der Waals surface area contributed by atoms with Gasteiger partial charge in [-0.25, -0.2) is 13.2 Å². The van der Waals surface area contributed by atoms with Crippen LogP contribution < -0.4 is 4.74 Å². The number of benzene rings is 2. The Balaban J connectivity index is 2.28. The van der Waals surface area contributed by atoms with E-state index in [1.165, 1.54) is 24.3 Å². The second kappa shape index (κ2) is 6.00. The van der Waals surface area contributed by atoms with Crippen molar-refractivity contribution < 1.29 is 36.6 Å². The van der Waals surface area contributed by atoms with Gasteiger partial charge in [0.2, 0.25) is 34.8 Å². The quantitative estimate of drug-likeness (QED) is 0.311. The van der Waals surface area contributed by atoms with E-state index >= 15 is 0 Å². The van der Waals surface area contributed by atoms with Gasteiger partial charge in [-0.15, -0.1) is 0 Å². The van der Waals surface area contributed by atoms with Crippen LogP contribution in [0.3, 0.4) is 0 Å². The summed E-state index contributed by atoms with van der Waals surface area (Å²) in [5.74, 6) is -14.5. The van der Waals surface area contributed by atoms with E-state index in [-0.39, 0.29) is 11.3 Å². The highest BCUT2D eigenvalue weighted by Gasteiger charge is 2.28. The highest BCUT2D eigenvalue weighted by Crippen LogP contribution is 2.29. The van der Waals surface area contributed by atoms with Crippen molar-refractivity contribution in [3.63, 3.8) is 0 Å². The van der Waals surface area contributed by atoms with Crippen molar-refractivity contribution in [2.75, 3.05) is 0 Å². The molecule has 0 amide bonds. The number of hydrogen-bond acceptors (Lipinski definition) is 3. The lowest BCUT2D eigenvalue weighted by Gasteiger charge is -2.09. The zero-order valence-corrected chi connectivity index (χ0v) is 10.7. The highest BCUT2D eigenvalue weighted by atomic mass is 19.2. The van der Waals surface area contributed by atoms with Crippen LogP contribution in [0.15, 0.2) is 24.3 Å². The van der Waals surface area contributed by atoms with Crippen LogP contribution in [0.4, 0.5) is 22.0 Å². The maximum Gasteiger partial charge on any atom is 0.316 e. The number of hydrogen-bond donors (Lipinski definition) is 1. The number of aromatic hydroxyl groups is 1. The normalized spacial score (nSPS) is 10.6. The Morgan fingerprint density at radius 2 is 1.41 bits per heavy atom. The highest BCUT2D eigenvalue weighted by molar-refractivity contribution is 5.76. The maximum atomic E-state index is 13.3. The Labute approximate surface area is 120 Å². The van der Waals surface area contributed by atoms with Crippen LogP contribution in [0, 0.1) is 29.1 Å². The second-order valence-electron chi connectivity index (χ2n) is 4.18. The maximum absolute atomic E-state index is 13.3. The fourth-order valence-corrected chi connectivity index (χ4v) is 1.64. The lowest BCUT2D eigenvalue weighted by atomic mass is 10.1. The van der Waals surface area contributed by atoms with E-state index in [9.17, 15) is 31.9 Å². The first-order chi connectivity index (χ1) is 10.3. The molecule has 2 rings (SSSR count). The predicted octanol–water partition coefficient (Wildman–Crippen LogP) is 3.24. The molecule has 2 aromatic carbocycles. The van der Waals surface area contributed by atoms with E-state index in [1.54, 1.807) is 0 Å². The van der Waals surface area contributed by atoms with E-state index in [2.05, 4.69) is 4.74 Å². The number of halogens is 5. The van der Waals surface area contributed by atoms with Crippen molar-refractivity contribution >= 4 is 5.97 Å². The lowest BCUT2D eigenvalue weighted by molar-refractivity contribution is -0.134. The van der Waals surface area contributed by atoms with Crippen LogP contribution in [0.1, 0.15) is 5.56 Å². The molecule has 22 heavy (non-hydrogen) atoms. The smallest absolute Gasteiger partial charge is 0.316 e. The molecule has 0 fully saturated rings. The molecule has 3 nitrogen and oxygen atoms in total. The van der Waals surface area contributed by atoms with Gasteiger partial charge in [0.25, 0.3) is 0 Å². The number of ether oxygens (including phenoxy) is 1. The van der Waals surface area contributed by atoms with E-state index in [0.29, 0.717) is 0 Å². The van der Waals surface area contributed by atoms with Crippen molar-refractivity contribution in [2.24, 2.45) is 0 Å². The van der Waals surface area contributed by atoms with Gasteiger partial charge >= 0.3 is 5.97 Å². The number of phenolic OH excluding ortho intramolecular Hbond substituents is 1. The van der Waals surface area contributed by atoms with Crippen molar-refractivity contribution in [1.29, 1.82) is 0 Å². The standard InChI is InChI=1S/C14H7F5O3/c15-9-10(16)12(18)14(13(19)11(9)17)22-8(21)5-6-3-1-2-4-7(6)20/h1-4,20H,5H2. The molecule has 0 aliphatic rings. The Bertz CT molecular complexity index is 716. The average Bonchev–Trinajstić information content (AvgIpc) is 2.50. The minimum Gasteiger partial charge on any atom is -0.508 e. The molecule has 0 bridgehead atoms. The molecule has 2 aromatic rings. The molecule has 0 radical (unpaired) electrons. The first-order valence-corrected chi connectivity index (χ1v) is 5.82. The molecule has 0 saturated carbocycles. The number of carbonyl (C=O) groups is 1. The molecule has 0 atom stereocenters. The van der Waals surface area contributed by atoms with Crippen molar-refractivity contribution in [3.8, 4) is 11.5 Å². The van der Waals surface area contributed by atoms with Gasteiger partial charge in [0.15, 0.2) is 0 Å². The van der Waals surface area contributed by atoms with Gasteiger partial charge in [0.05, 0.1) is 6.42 Å². The molecule has 1 N–H and O–H groups in total. The van der Waals surface area contributed by atoms with Crippen LogP contribution in [0.5, 0.6) is 11.5 Å². The summed E-state index contributed by atoms with van der Waals surface area (Å²) in [7, 11) is 0. The largest absolute Gasteiger partial charge is 0.508 e. The fourth-order valence-electron chi connectivity index (χ4n) is 1.64. The predicted molar refractivity (Wildman–Crippen MR) is 63.7 cm³/mol. The van der Waals surface area contributed by atoms with Gasteiger partial charge in [-0.3, -0.25) is 4.79 Å². The molecule has 0 aliphatic heterocycles. The molecule has 8 heteroatoms. The van der Waals surface area contributed by atoms with E-state index in [0.717, 1.165) is 0 Å². The number of esters is 1. The number of para-hydroxylation sites is 1. The summed E-state index contributed by atoms with van der Waals surface area (Å²) in [6.45, 7) is 0. The van der Waals surface area contributed by atoms with Crippen LogP contribution in [-0.2, 0) is 11.2 Å². The molecule has 0 aromatic heterocycles. The zero-order chi connectivity index (χ0) is 16.4. The van der Waals surface area contributed by atoms with E-state index in [1.807, 2.05) is 0 Å². The van der Waals surface area contributed by atoms with Crippen LogP contribution >= 0.6 is 0 Å². The van der Waals surface area contributed by atoms with Gasteiger partial charge in [-0.2, -0.15) is 8.78 Å². The van der Waals surface area contributed by atoms with Crippen molar-refractivity contribution in [2.45, 2.75) is 6.42 Å². The molecule has 116 valence electrons. The third-order valence-corrected chi connectivity index (χ3v) is 2.71. The monoisotopic (exact) mass is 318 g/mol. The molecular formula is C14H7F5O3. The Hall–Kier alpha value is -2.64. The van der Waals surface area contributed by atoms with Crippen molar-refractivity contribution in [3.05, 3.63) is 58.9 Å². The summed E-state index contributed by atoms with van der Waals surface area (Å²) in [6.07, 6.45) is -0.619. The zero-order valence-electron chi connectivity index (χ0n) is 10.7. The van der Waals surface area contributed by atoms with Crippen LogP contribution in [0.2, 0.25) is 0 Å². The van der Waals surface area contributed by atoms with Crippen molar-refractivity contribution in [1.82, 2.24) is 0 Å². The van der Waals surface area contributed by atoms with Gasteiger partial charge in [-0.05, 0) is 6.07 Å². The summed E-state index contributed by atoms with van der Waals surface area (Å²) < 4.78 is 69.6. The second-order valence-corrected chi connectivity index (χ2v) is 4.18. The summed E-state index contributed by atoms with van der Waals surface area (Å²) in [5, 5.41) is 9.43. The minimum atomic E-state index is -2.35. The molecular weight excluding hydrogens is 311 g/mol. The number of carbonyl (C=O) groups excluding carboxylic acids is 1. The van der Waals surface area contributed by atoms with E-state index in [4.69, 9.17) is 0 Å². The molecule has 0 saturated heterocycles. The molecule has 0 heterocycles. The molecule has 0 aliphatic carbocycles. The summed E-state index contributed by atoms with van der Waals surface area (Å²) in [6, 6.07) is 5.52. The first kappa shape index (κ1) is 15.7.